The lowest BCUT2D eigenvalue weighted by atomic mass is 9.89. The fraction of sp³-hybridized carbons (Fsp3) is 0.588. The van der Waals surface area contributed by atoms with E-state index in [-0.39, 0.29) is 17.6 Å². The number of alkyl halides is 3. The Bertz CT molecular complexity index is 652. The van der Waals surface area contributed by atoms with Gasteiger partial charge in [-0.2, -0.15) is 13.2 Å². The van der Waals surface area contributed by atoms with Crippen LogP contribution in [0.15, 0.2) is 18.2 Å². The Hall–Kier alpha value is -1.92. The number of rotatable bonds is 0. The van der Waals surface area contributed by atoms with E-state index >= 15 is 0 Å². The summed E-state index contributed by atoms with van der Waals surface area (Å²) in [5.41, 5.74) is -0.448. The van der Waals surface area contributed by atoms with Gasteiger partial charge < -0.3 is 15.0 Å². The summed E-state index contributed by atoms with van der Waals surface area (Å²) in [4.78, 5) is 13.8. The van der Waals surface area contributed by atoms with Crippen molar-refractivity contribution in [2.75, 3.05) is 18.4 Å². The number of amides is 1. The molecule has 2 aliphatic rings. The first-order valence-electron chi connectivity index (χ1n) is 8.01. The number of piperidine rings is 1. The van der Waals surface area contributed by atoms with Crippen LogP contribution >= 0.6 is 0 Å². The zero-order chi connectivity index (χ0) is 17.7. The Kier molecular flexibility index (Phi) is 3.92. The number of nitrogens with zero attached hydrogens (tertiary/aromatic N) is 1. The summed E-state index contributed by atoms with van der Waals surface area (Å²) < 4.78 is 44.9. The SMILES string of the molecule is CC(C)(C)OC(=O)N1CCC2Nc3c(cccc3C(F)(F)F)C2C1. The minimum atomic E-state index is -4.39. The largest absolute Gasteiger partial charge is 0.444 e. The summed E-state index contributed by atoms with van der Waals surface area (Å²) in [5, 5.41) is 3.02. The second-order valence-electron chi connectivity index (χ2n) is 7.34. The van der Waals surface area contributed by atoms with Crippen LogP contribution in [0.1, 0.15) is 44.2 Å². The number of hydrogen-bond acceptors (Lipinski definition) is 3. The van der Waals surface area contributed by atoms with Crippen LogP contribution in [0.25, 0.3) is 0 Å². The van der Waals surface area contributed by atoms with E-state index in [4.69, 9.17) is 4.74 Å². The van der Waals surface area contributed by atoms with E-state index in [9.17, 15) is 18.0 Å². The van der Waals surface area contributed by atoms with Gasteiger partial charge in [-0.3, -0.25) is 0 Å². The van der Waals surface area contributed by atoms with Gasteiger partial charge in [0.1, 0.15) is 5.60 Å². The third-order valence-corrected chi connectivity index (χ3v) is 4.40. The highest BCUT2D eigenvalue weighted by Gasteiger charge is 2.43. The molecule has 1 amide bonds. The molecule has 2 atom stereocenters. The number of nitrogens with one attached hydrogen (secondary N) is 1. The number of hydrogen-bond donors (Lipinski definition) is 1. The smallest absolute Gasteiger partial charge is 0.418 e. The standard InChI is InChI=1S/C17H21F3N2O2/c1-16(2,3)24-15(23)22-8-7-13-11(9-22)10-5-4-6-12(14(10)21-13)17(18,19)20/h4-6,11,13,21H,7-9H2,1-3H3. The highest BCUT2D eigenvalue weighted by molar-refractivity contribution is 5.70. The molecule has 0 aliphatic carbocycles. The minimum Gasteiger partial charge on any atom is -0.444 e. The van der Waals surface area contributed by atoms with Crippen molar-refractivity contribution in [2.45, 2.75) is 50.9 Å². The molecule has 2 aliphatic heterocycles. The van der Waals surface area contributed by atoms with Gasteiger partial charge >= 0.3 is 12.3 Å². The molecular formula is C17H21F3N2O2. The van der Waals surface area contributed by atoms with Crippen molar-refractivity contribution in [3.05, 3.63) is 29.3 Å². The number of anilines is 1. The van der Waals surface area contributed by atoms with E-state index in [0.29, 0.717) is 25.1 Å². The molecule has 1 aromatic rings. The van der Waals surface area contributed by atoms with Crippen molar-refractivity contribution in [3.63, 3.8) is 0 Å². The van der Waals surface area contributed by atoms with Crippen LogP contribution in [0.5, 0.6) is 0 Å². The van der Waals surface area contributed by atoms with Crippen molar-refractivity contribution >= 4 is 11.8 Å². The number of fused-ring (bicyclic) bond motifs is 3. The minimum absolute atomic E-state index is 0.0813. The maximum Gasteiger partial charge on any atom is 0.418 e. The zero-order valence-corrected chi connectivity index (χ0v) is 13.9. The molecule has 0 spiro atoms. The Labute approximate surface area is 139 Å². The van der Waals surface area contributed by atoms with E-state index in [0.717, 1.165) is 6.07 Å². The molecule has 0 bridgehead atoms. The number of likely N-dealkylation sites (tertiary alicyclic amines) is 1. The third-order valence-electron chi connectivity index (χ3n) is 4.40. The summed E-state index contributed by atoms with van der Waals surface area (Å²) in [6.45, 7) is 6.21. The van der Waals surface area contributed by atoms with E-state index in [1.807, 2.05) is 0 Å². The van der Waals surface area contributed by atoms with Gasteiger partial charge in [-0.15, -0.1) is 0 Å². The molecule has 7 heteroatoms. The molecule has 0 saturated carbocycles. The highest BCUT2D eigenvalue weighted by Crippen LogP contribution is 2.46. The molecule has 132 valence electrons. The number of carbonyl (C=O) groups is 1. The topological polar surface area (TPSA) is 41.6 Å². The Morgan fingerprint density at radius 3 is 2.62 bits per heavy atom. The predicted octanol–water partition coefficient (Wildman–Crippen LogP) is 4.22. The van der Waals surface area contributed by atoms with Gasteiger partial charge in [-0.05, 0) is 38.8 Å². The van der Waals surface area contributed by atoms with Gasteiger partial charge in [0.15, 0.2) is 0 Å². The number of benzene rings is 1. The molecule has 2 heterocycles. The first-order chi connectivity index (χ1) is 11.1. The molecular weight excluding hydrogens is 321 g/mol. The van der Waals surface area contributed by atoms with Gasteiger partial charge in [0.2, 0.25) is 0 Å². The predicted molar refractivity (Wildman–Crippen MR) is 84.0 cm³/mol. The van der Waals surface area contributed by atoms with Crippen LogP contribution in [0.2, 0.25) is 0 Å². The average Bonchev–Trinajstić information content (AvgIpc) is 2.81. The summed E-state index contributed by atoms with van der Waals surface area (Å²) in [6.07, 6.45) is -4.21. The average molecular weight is 342 g/mol. The Morgan fingerprint density at radius 1 is 1.29 bits per heavy atom. The highest BCUT2D eigenvalue weighted by atomic mass is 19.4. The van der Waals surface area contributed by atoms with E-state index in [1.165, 1.54) is 6.07 Å². The van der Waals surface area contributed by atoms with Crippen LogP contribution in [-0.4, -0.2) is 35.7 Å². The quantitative estimate of drug-likeness (QED) is 0.767. The van der Waals surface area contributed by atoms with Gasteiger partial charge in [0.25, 0.3) is 0 Å². The zero-order valence-electron chi connectivity index (χ0n) is 13.9. The molecule has 0 radical (unpaired) electrons. The number of halogens is 3. The lowest BCUT2D eigenvalue weighted by Crippen LogP contribution is -2.46. The van der Waals surface area contributed by atoms with E-state index in [1.54, 1.807) is 31.7 Å². The fourth-order valence-electron chi connectivity index (χ4n) is 3.39. The summed E-state index contributed by atoms with van der Waals surface area (Å²) >= 11 is 0. The molecule has 2 unspecified atom stereocenters. The van der Waals surface area contributed by atoms with E-state index in [2.05, 4.69) is 5.32 Å². The number of ether oxygens (including phenoxy) is 1. The van der Waals surface area contributed by atoms with Gasteiger partial charge in [0.05, 0.1) is 11.3 Å². The molecule has 3 rings (SSSR count). The van der Waals surface area contributed by atoms with Crippen LogP contribution in [0.3, 0.4) is 0 Å². The molecule has 1 fully saturated rings. The molecule has 1 saturated heterocycles. The molecule has 1 aromatic carbocycles. The first kappa shape index (κ1) is 16.9. The fourth-order valence-corrected chi connectivity index (χ4v) is 3.39. The normalized spacial score (nSPS) is 23.3. The van der Waals surface area contributed by atoms with Crippen molar-refractivity contribution in [1.82, 2.24) is 4.90 Å². The van der Waals surface area contributed by atoms with Crippen LogP contribution in [-0.2, 0) is 10.9 Å². The van der Waals surface area contributed by atoms with Crippen molar-refractivity contribution in [3.8, 4) is 0 Å². The summed E-state index contributed by atoms with van der Waals surface area (Å²) in [7, 11) is 0. The van der Waals surface area contributed by atoms with Gasteiger partial charge in [-0.25, -0.2) is 4.79 Å². The van der Waals surface area contributed by atoms with Crippen LogP contribution in [0.4, 0.5) is 23.7 Å². The Balaban J connectivity index is 1.83. The van der Waals surface area contributed by atoms with Crippen molar-refractivity contribution < 1.29 is 22.7 Å². The molecule has 0 aromatic heterocycles. The van der Waals surface area contributed by atoms with Gasteiger partial charge in [0, 0.05) is 25.0 Å². The van der Waals surface area contributed by atoms with Crippen LogP contribution < -0.4 is 5.32 Å². The third kappa shape index (κ3) is 3.16. The maximum atomic E-state index is 13.2. The molecule has 24 heavy (non-hydrogen) atoms. The summed E-state index contributed by atoms with van der Waals surface area (Å²) in [6, 6.07) is 4.15. The Morgan fingerprint density at radius 2 is 2.00 bits per heavy atom. The maximum absolute atomic E-state index is 13.2. The first-order valence-corrected chi connectivity index (χ1v) is 8.01. The molecule has 1 N–H and O–H groups in total. The lowest BCUT2D eigenvalue weighted by Gasteiger charge is -2.36. The van der Waals surface area contributed by atoms with E-state index < -0.39 is 23.4 Å². The summed E-state index contributed by atoms with van der Waals surface area (Å²) in [5.74, 6) is -0.149. The monoisotopic (exact) mass is 342 g/mol. The number of para-hydroxylation sites is 1. The molecule has 4 nitrogen and oxygen atoms in total. The second kappa shape index (κ2) is 5.57. The van der Waals surface area contributed by atoms with Crippen molar-refractivity contribution in [2.24, 2.45) is 0 Å². The second-order valence-corrected chi connectivity index (χ2v) is 7.34. The number of carbonyl (C=O) groups excluding carboxylic acids is 1. The lowest BCUT2D eigenvalue weighted by molar-refractivity contribution is -0.136. The van der Waals surface area contributed by atoms with Gasteiger partial charge in [-0.1, -0.05) is 12.1 Å². The van der Waals surface area contributed by atoms with Crippen molar-refractivity contribution in [1.29, 1.82) is 0 Å². The van der Waals surface area contributed by atoms with Crippen LogP contribution in [0, 0.1) is 0 Å².